The molecule has 0 aromatic carbocycles. The Labute approximate surface area is 161 Å². The number of nitrogens with zero attached hydrogens (tertiary/aromatic N) is 1. The lowest BCUT2D eigenvalue weighted by molar-refractivity contribution is -0.141. The number of hydrogen-bond donors (Lipinski definition) is 2. The third-order valence-electron chi connectivity index (χ3n) is 4.54. The fraction of sp³-hybridized carbons (Fsp3) is 0.842. The van der Waals surface area contributed by atoms with Crippen molar-refractivity contribution < 1.29 is 29.0 Å². The molecule has 2 N–H and O–H groups in total. The SMILES string of the molecule is CC(C)(C)OC(=O)NC1(CC(=O)O)CCN(C(=O)OC(C)(C)C)CC1(C)C. The van der Waals surface area contributed by atoms with Crippen LogP contribution in [0.1, 0.15) is 68.2 Å². The molecule has 0 aromatic rings. The van der Waals surface area contributed by atoms with Crippen molar-refractivity contribution in [2.75, 3.05) is 13.1 Å². The van der Waals surface area contributed by atoms with E-state index in [4.69, 9.17) is 9.47 Å². The van der Waals surface area contributed by atoms with Crippen LogP contribution in [0.5, 0.6) is 0 Å². The molecule has 1 saturated heterocycles. The minimum Gasteiger partial charge on any atom is -0.481 e. The largest absolute Gasteiger partial charge is 0.481 e. The molecule has 0 spiro atoms. The molecule has 1 unspecified atom stereocenters. The second kappa shape index (κ2) is 7.56. The Bertz CT molecular complexity index is 588. The van der Waals surface area contributed by atoms with Crippen LogP contribution in [0.2, 0.25) is 0 Å². The van der Waals surface area contributed by atoms with E-state index in [1.54, 1.807) is 46.4 Å². The summed E-state index contributed by atoms with van der Waals surface area (Å²) in [6.07, 6.45) is -1.09. The zero-order chi connectivity index (χ0) is 21.3. The second-order valence-electron chi connectivity index (χ2n) is 9.82. The van der Waals surface area contributed by atoms with Gasteiger partial charge in [-0.3, -0.25) is 4.79 Å². The van der Waals surface area contributed by atoms with Gasteiger partial charge in [0.2, 0.25) is 0 Å². The van der Waals surface area contributed by atoms with Gasteiger partial charge in [0.15, 0.2) is 0 Å². The number of hydrogen-bond acceptors (Lipinski definition) is 5. The Morgan fingerprint density at radius 3 is 1.96 bits per heavy atom. The lowest BCUT2D eigenvalue weighted by Crippen LogP contribution is -2.67. The molecular formula is C19H34N2O6. The number of carbonyl (C=O) groups is 3. The van der Waals surface area contributed by atoms with Gasteiger partial charge in [0.25, 0.3) is 0 Å². The number of ether oxygens (including phenoxy) is 2. The number of rotatable bonds is 3. The van der Waals surface area contributed by atoms with E-state index >= 15 is 0 Å². The minimum atomic E-state index is -1.04. The zero-order valence-electron chi connectivity index (χ0n) is 17.8. The van der Waals surface area contributed by atoms with Crippen LogP contribution in [0, 0.1) is 5.41 Å². The highest BCUT2D eigenvalue weighted by atomic mass is 16.6. The number of carboxylic acid groups (broad SMARTS) is 1. The molecule has 0 bridgehead atoms. The molecule has 8 nitrogen and oxygen atoms in total. The molecule has 1 fully saturated rings. The first-order valence-electron chi connectivity index (χ1n) is 9.17. The third-order valence-corrected chi connectivity index (χ3v) is 4.54. The van der Waals surface area contributed by atoms with Crippen LogP contribution in [-0.4, -0.2) is 58.0 Å². The number of carboxylic acids is 1. The average molecular weight is 386 g/mol. The Balaban J connectivity index is 3.04. The molecule has 27 heavy (non-hydrogen) atoms. The topological polar surface area (TPSA) is 105 Å². The highest BCUT2D eigenvalue weighted by Crippen LogP contribution is 2.41. The molecule has 1 aliphatic rings. The van der Waals surface area contributed by atoms with E-state index in [1.807, 2.05) is 13.8 Å². The van der Waals surface area contributed by atoms with Crippen molar-refractivity contribution in [3.8, 4) is 0 Å². The summed E-state index contributed by atoms with van der Waals surface area (Å²) in [5.41, 5.74) is -3.07. The second-order valence-corrected chi connectivity index (χ2v) is 9.82. The predicted molar refractivity (Wildman–Crippen MR) is 101 cm³/mol. The van der Waals surface area contributed by atoms with Gasteiger partial charge in [-0.15, -0.1) is 0 Å². The van der Waals surface area contributed by atoms with Crippen molar-refractivity contribution in [2.24, 2.45) is 5.41 Å². The van der Waals surface area contributed by atoms with Gasteiger partial charge in [0.05, 0.1) is 12.0 Å². The maximum absolute atomic E-state index is 12.4. The summed E-state index contributed by atoms with van der Waals surface area (Å²) in [6.45, 7) is 14.8. The van der Waals surface area contributed by atoms with Crippen molar-refractivity contribution in [3.05, 3.63) is 0 Å². The van der Waals surface area contributed by atoms with Gasteiger partial charge >= 0.3 is 18.2 Å². The summed E-state index contributed by atoms with van der Waals surface area (Å²) in [4.78, 5) is 37.9. The molecule has 1 atom stereocenters. The summed E-state index contributed by atoms with van der Waals surface area (Å²) in [5.74, 6) is -1.02. The fourth-order valence-electron chi connectivity index (χ4n) is 3.21. The van der Waals surface area contributed by atoms with Gasteiger partial charge in [-0.25, -0.2) is 9.59 Å². The van der Waals surface area contributed by atoms with Gasteiger partial charge in [-0.05, 0) is 48.0 Å². The normalized spacial score (nSPS) is 22.7. The number of aliphatic carboxylic acids is 1. The number of nitrogens with one attached hydrogen (secondary N) is 1. The lowest BCUT2D eigenvalue weighted by atomic mass is 9.65. The standard InChI is InChI=1S/C19H34N2O6/c1-16(2,3)26-14(24)20-19(11-13(22)23)9-10-21(12-18(19,7)8)15(25)27-17(4,5)6/h9-12H2,1-8H3,(H,20,24)(H,22,23). The van der Waals surface area contributed by atoms with Crippen LogP contribution < -0.4 is 5.32 Å². The first kappa shape index (κ1) is 23.0. The number of piperidine rings is 1. The van der Waals surface area contributed by atoms with Crippen molar-refractivity contribution in [3.63, 3.8) is 0 Å². The highest BCUT2D eigenvalue weighted by Gasteiger charge is 2.52. The molecule has 156 valence electrons. The molecule has 1 heterocycles. The van der Waals surface area contributed by atoms with E-state index in [0.29, 0.717) is 0 Å². The van der Waals surface area contributed by atoms with Crippen LogP contribution in [-0.2, 0) is 14.3 Å². The van der Waals surface area contributed by atoms with Gasteiger partial charge in [0.1, 0.15) is 11.2 Å². The lowest BCUT2D eigenvalue weighted by Gasteiger charge is -2.52. The first-order valence-corrected chi connectivity index (χ1v) is 9.17. The molecular weight excluding hydrogens is 352 g/mol. The molecule has 0 aliphatic carbocycles. The van der Waals surface area contributed by atoms with Gasteiger partial charge < -0.3 is 24.8 Å². The molecule has 1 aliphatic heterocycles. The number of amides is 2. The van der Waals surface area contributed by atoms with E-state index in [1.165, 1.54) is 0 Å². The van der Waals surface area contributed by atoms with Crippen LogP contribution in [0.15, 0.2) is 0 Å². The number of carbonyl (C=O) groups excluding carboxylic acids is 2. The Morgan fingerprint density at radius 1 is 1.04 bits per heavy atom. The van der Waals surface area contributed by atoms with E-state index in [9.17, 15) is 19.5 Å². The molecule has 0 saturated carbocycles. The maximum atomic E-state index is 12.4. The molecule has 1 rings (SSSR count). The van der Waals surface area contributed by atoms with Crippen molar-refractivity contribution in [2.45, 2.75) is 85.0 Å². The number of likely N-dealkylation sites (tertiary alicyclic amines) is 1. The maximum Gasteiger partial charge on any atom is 0.410 e. The molecule has 8 heteroatoms. The third kappa shape index (κ3) is 6.59. The van der Waals surface area contributed by atoms with E-state index in [-0.39, 0.29) is 25.9 Å². The van der Waals surface area contributed by atoms with Gasteiger partial charge in [-0.1, -0.05) is 13.8 Å². The Morgan fingerprint density at radius 2 is 1.56 bits per heavy atom. The van der Waals surface area contributed by atoms with Crippen molar-refractivity contribution in [1.82, 2.24) is 10.2 Å². The summed E-state index contributed by atoms with van der Waals surface area (Å²) in [7, 11) is 0. The monoisotopic (exact) mass is 386 g/mol. The van der Waals surface area contributed by atoms with Crippen molar-refractivity contribution >= 4 is 18.2 Å². The highest BCUT2D eigenvalue weighted by molar-refractivity contribution is 5.74. The smallest absolute Gasteiger partial charge is 0.410 e. The van der Waals surface area contributed by atoms with E-state index in [0.717, 1.165) is 0 Å². The van der Waals surface area contributed by atoms with Crippen LogP contribution in [0.4, 0.5) is 9.59 Å². The number of alkyl carbamates (subject to hydrolysis) is 1. The van der Waals surface area contributed by atoms with E-state index in [2.05, 4.69) is 5.32 Å². The van der Waals surface area contributed by atoms with Crippen molar-refractivity contribution in [1.29, 1.82) is 0 Å². The minimum absolute atomic E-state index is 0.255. The summed E-state index contributed by atoms with van der Waals surface area (Å²) >= 11 is 0. The Hall–Kier alpha value is -1.99. The van der Waals surface area contributed by atoms with Crippen LogP contribution >= 0.6 is 0 Å². The van der Waals surface area contributed by atoms with Crippen LogP contribution in [0.25, 0.3) is 0 Å². The molecule has 2 amide bonds. The Kier molecular flexibility index (Phi) is 6.45. The molecule has 0 aromatic heterocycles. The molecule has 0 radical (unpaired) electrons. The van der Waals surface area contributed by atoms with Crippen LogP contribution in [0.3, 0.4) is 0 Å². The van der Waals surface area contributed by atoms with Gasteiger partial charge in [-0.2, -0.15) is 0 Å². The summed E-state index contributed by atoms with van der Waals surface area (Å²) < 4.78 is 10.8. The zero-order valence-corrected chi connectivity index (χ0v) is 17.8. The quantitative estimate of drug-likeness (QED) is 0.770. The predicted octanol–water partition coefficient (Wildman–Crippen LogP) is 3.39. The summed E-state index contributed by atoms with van der Waals surface area (Å²) in [6, 6.07) is 0. The first-order chi connectivity index (χ1) is 12.0. The summed E-state index contributed by atoms with van der Waals surface area (Å²) in [5, 5.41) is 12.2. The van der Waals surface area contributed by atoms with E-state index < -0.39 is 40.3 Å². The fourth-order valence-corrected chi connectivity index (χ4v) is 3.21. The average Bonchev–Trinajstić information content (AvgIpc) is 2.36. The van der Waals surface area contributed by atoms with Gasteiger partial charge in [0, 0.05) is 18.5 Å².